The molecule has 1 heterocycles. The first kappa shape index (κ1) is 9.17. The van der Waals surface area contributed by atoms with Crippen molar-refractivity contribution >= 4 is 5.78 Å². The fraction of sp³-hybridized carbons (Fsp3) is 0.400. The maximum atomic E-state index is 10.3. The zero-order chi connectivity index (χ0) is 5.98. The van der Waals surface area contributed by atoms with Gasteiger partial charge in [-0.1, -0.05) is 0 Å². The average Bonchev–Trinajstić information content (AvgIpc) is 1.64. The van der Waals surface area contributed by atoms with E-state index in [9.17, 15) is 9.90 Å². The van der Waals surface area contributed by atoms with Gasteiger partial charge in [0.05, 0.1) is 6.61 Å². The van der Waals surface area contributed by atoms with Crippen LogP contribution in [0.15, 0.2) is 11.8 Å². The molecule has 0 amide bonds. The van der Waals surface area contributed by atoms with Gasteiger partial charge in [-0.05, 0) is 6.08 Å². The molecule has 1 rings (SSSR count). The number of carbonyl (C=O) groups is 1. The molecule has 3 nitrogen and oxygen atoms in total. The van der Waals surface area contributed by atoms with Crippen LogP contribution in [-0.2, 0) is 9.53 Å². The van der Waals surface area contributed by atoms with Gasteiger partial charge < -0.3 is 9.84 Å². The zero-order valence-electron chi connectivity index (χ0n) is 5.22. The summed E-state index contributed by atoms with van der Waals surface area (Å²) in [5.41, 5.74) is 0. The van der Waals surface area contributed by atoms with Crippen molar-refractivity contribution in [3.8, 4) is 0 Å². The Morgan fingerprint density at radius 2 is 2.22 bits per heavy atom. The van der Waals surface area contributed by atoms with Crippen LogP contribution < -0.4 is 34.7 Å². The Morgan fingerprint density at radius 3 is 2.56 bits per heavy atom. The van der Waals surface area contributed by atoms with Crippen molar-refractivity contribution in [1.82, 2.24) is 0 Å². The van der Waals surface area contributed by atoms with E-state index in [2.05, 4.69) is 4.74 Å². The Morgan fingerprint density at radius 1 is 1.56 bits per heavy atom. The first-order chi connectivity index (χ1) is 3.79. The topological polar surface area (TPSA) is 49.4 Å². The van der Waals surface area contributed by atoms with E-state index in [1.165, 1.54) is 0 Å². The van der Waals surface area contributed by atoms with Crippen LogP contribution in [0.1, 0.15) is 0 Å². The second-order valence-corrected chi connectivity index (χ2v) is 1.57. The van der Waals surface area contributed by atoms with Crippen LogP contribution in [0.5, 0.6) is 0 Å². The maximum absolute atomic E-state index is 10.3. The average molecular weight is 136 g/mol. The van der Waals surface area contributed by atoms with Gasteiger partial charge in [0, 0.05) is 0 Å². The van der Waals surface area contributed by atoms with E-state index in [4.69, 9.17) is 0 Å². The molecular weight excluding hydrogens is 131 g/mol. The largest absolute Gasteiger partial charge is 1.00 e. The fourth-order valence-electron chi connectivity index (χ4n) is 0.515. The van der Waals surface area contributed by atoms with Crippen molar-refractivity contribution in [1.29, 1.82) is 0 Å². The van der Waals surface area contributed by atoms with Crippen LogP contribution in [0.2, 0.25) is 0 Å². The number of ether oxygens (including phenoxy) is 1. The first-order valence-corrected chi connectivity index (χ1v) is 2.27. The molecule has 0 saturated heterocycles. The molecule has 0 aromatic heterocycles. The summed E-state index contributed by atoms with van der Waals surface area (Å²) in [4.78, 5) is 10.3. The number of rotatable bonds is 0. The number of carbonyl (C=O) groups excluding carboxylic acids is 1. The van der Waals surface area contributed by atoms with E-state index in [0.717, 1.165) is 6.08 Å². The first-order valence-electron chi connectivity index (χ1n) is 2.27. The van der Waals surface area contributed by atoms with Gasteiger partial charge in [0.25, 0.3) is 0 Å². The van der Waals surface area contributed by atoms with Gasteiger partial charge in [0.1, 0.15) is 6.61 Å². The molecule has 0 aromatic rings. The number of hydrogen-bond acceptors (Lipinski definition) is 3. The minimum absolute atomic E-state index is 0. The van der Waals surface area contributed by atoms with Crippen molar-refractivity contribution < 1.29 is 44.2 Å². The van der Waals surface area contributed by atoms with E-state index >= 15 is 0 Å². The summed E-state index contributed by atoms with van der Waals surface area (Å²) >= 11 is 0. The van der Waals surface area contributed by atoms with Crippen molar-refractivity contribution in [3.63, 3.8) is 0 Å². The van der Waals surface area contributed by atoms with Gasteiger partial charge in [-0.3, -0.25) is 4.79 Å². The summed E-state index contributed by atoms with van der Waals surface area (Å²) in [5.74, 6) is -0.470. The van der Waals surface area contributed by atoms with Gasteiger partial charge in [0.15, 0.2) is 5.78 Å². The van der Waals surface area contributed by atoms with Crippen molar-refractivity contribution in [2.45, 2.75) is 0 Å². The van der Waals surface area contributed by atoms with E-state index < -0.39 is 0 Å². The monoisotopic (exact) mass is 136 g/mol. The van der Waals surface area contributed by atoms with Crippen LogP contribution in [0.25, 0.3) is 0 Å². The zero-order valence-corrected chi connectivity index (χ0v) is 7.22. The smallest absolute Gasteiger partial charge is 0.874 e. The molecular formula is C5H5NaO3. The Kier molecular flexibility index (Phi) is 4.14. The second-order valence-electron chi connectivity index (χ2n) is 1.57. The Hall–Kier alpha value is 0.170. The van der Waals surface area contributed by atoms with E-state index in [0.29, 0.717) is 0 Å². The third-order valence-electron chi connectivity index (χ3n) is 0.811. The van der Waals surface area contributed by atoms with Gasteiger partial charge in [-0.15, -0.1) is 5.76 Å². The summed E-state index contributed by atoms with van der Waals surface area (Å²) in [5, 5.41) is 10.3. The summed E-state index contributed by atoms with van der Waals surface area (Å²) in [6.07, 6.45) is 1.07. The Bertz CT molecular complexity index is 141. The molecule has 0 radical (unpaired) electrons. The Labute approximate surface area is 75.0 Å². The van der Waals surface area contributed by atoms with Crippen LogP contribution in [0.4, 0.5) is 0 Å². The predicted octanol–water partition coefficient (Wildman–Crippen LogP) is -4.17. The molecule has 9 heavy (non-hydrogen) atoms. The maximum Gasteiger partial charge on any atom is 1.00 e. The van der Waals surface area contributed by atoms with Gasteiger partial charge >= 0.3 is 29.6 Å². The molecule has 0 saturated carbocycles. The predicted molar refractivity (Wildman–Crippen MR) is 23.9 cm³/mol. The van der Waals surface area contributed by atoms with Crippen molar-refractivity contribution in [2.75, 3.05) is 13.2 Å². The second kappa shape index (κ2) is 4.06. The van der Waals surface area contributed by atoms with Crippen LogP contribution in [0, 0.1) is 0 Å². The van der Waals surface area contributed by atoms with Gasteiger partial charge in [-0.25, -0.2) is 0 Å². The molecule has 0 atom stereocenters. The number of ketones is 1. The standard InChI is InChI=1S/C5H6O3.Na/c6-4-1-5(7)3-8-2-4;/h1,6H,2-3H2;/q;+1/p-1. The SMILES string of the molecule is O=C1C=C([O-])COC1.[Na+]. The minimum Gasteiger partial charge on any atom is -0.874 e. The van der Waals surface area contributed by atoms with Gasteiger partial charge in [-0.2, -0.15) is 0 Å². The van der Waals surface area contributed by atoms with E-state index in [1.54, 1.807) is 0 Å². The molecule has 0 aromatic carbocycles. The molecule has 4 heteroatoms. The molecule has 0 fully saturated rings. The van der Waals surface area contributed by atoms with Crippen LogP contribution in [-0.4, -0.2) is 19.0 Å². The summed E-state index contributed by atoms with van der Waals surface area (Å²) in [7, 11) is 0. The van der Waals surface area contributed by atoms with Crippen molar-refractivity contribution in [3.05, 3.63) is 11.8 Å². The Balaban J connectivity index is 0.000000640. The van der Waals surface area contributed by atoms with E-state index in [1.807, 2.05) is 0 Å². The molecule has 0 aliphatic carbocycles. The quantitative estimate of drug-likeness (QED) is 0.317. The van der Waals surface area contributed by atoms with Gasteiger partial charge in [0.2, 0.25) is 0 Å². The van der Waals surface area contributed by atoms with E-state index in [-0.39, 0.29) is 54.3 Å². The third kappa shape index (κ3) is 3.01. The molecule has 1 aliphatic rings. The normalized spacial score (nSPS) is 18.2. The molecule has 1 aliphatic heterocycles. The summed E-state index contributed by atoms with van der Waals surface area (Å²) in [6.45, 7) is 0.122. The fourth-order valence-corrected chi connectivity index (χ4v) is 0.515. The molecule has 0 N–H and O–H groups in total. The molecule has 0 unspecified atom stereocenters. The van der Waals surface area contributed by atoms with Crippen molar-refractivity contribution in [2.24, 2.45) is 0 Å². The third-order valence-corrected chi connectivity index (χ3v) is 0.811. The van der Waals surface area contributed by atoms with Crippen LogP contribution >= 0.6 is 0 Å². The summed E-state index contributed by atoms with van der Waals surface area (Å²) in [6, 6.07) is 0. The molecule has 44 valence electrons. The summed E-state index contributed by atoms with van der Waals surface area (Å²) < 4.78 is 4.56. The number of hydrogen-bond donors (Lipinski definition) is 0. The molecule has 0 spiro atoms. The molecule has 0 bridgehead atoms. The minimum atomic E-state index is -0.235. The van der Waals surface area contributed by atoms with Crippen LogP contribution in [0.3, 0.4) is 0 Å².